The van der Waals surface area contributed by atoms with Crippen molar-refractivity contribution in [3.63, 3.8) is 0 Å². The molecule has 5 rings (SSSR count). The second-order valence-corrected chi connectivity index (χ2v) is 11.1. The molecule has 1 aromatic heterocycles. The number of aromatic nitrogens is 1. The van der Waals surface area contributed by atoms with Gasteiger partial charge in [-0.05, 0) is 41.0 Å². The van der Waals surface area contributed by atoms with Gasteiger partial charge in [0.25, 0.3) is 5.91 Å². The molecule has 12 heteroatoms. The number of ether oxygens (including phenoxy) is 1. The Kier molecular flexibility index (Phi) is 11.3. The van der Waals surface area contributed by atoms with Crippen LogP contribution in [0, 0.1) is 11.3 Å². The Bertz CT molecular complexity index is 1980. The SMILES string of the molecule is N#Cc1ccccc1Cn1cc(/C=N\NC(=O)[C@H](Cc2ccc(O)cc2)NC(=O)[C@H](CO)NC(=O)OCc2ccccc2)c2ccccc21. The second kappa shape index (κ2) is 16.4. The number of aliphatic hydroxyl groups is 1. The van der Waals surface area contributed by atoms with E-state index in [4.69, 9.17) is 4.74 Å². The summed E-state index contributed by atoms with van der Waals surface area (Å²) in [7, 11) is 0. The number of nitriles is 1. The molecular formula is C37H34N6O6. The van der Waals surface area contributed by atoms with Crippen molar-refractivity contribution in [1.82, 2.24) is 20.6 Å². The quantitative estimate of drug-likeness (QED) is 0.0945. The molecule has 5 aromatic rings. The Labute approximate surface area is 282 Å². The smallest absolute Gasteiger partial charge is 0.408 e. The summed E-state index contributed by atoms with van der Waals surface area (Å²) in [6.07, 6.45) is 2.46. The van der Waals surface area contributed by atoms with Gasteiger partial charge in [0.05, 0.1) is 24.5 Å². The Morgan fingerprint density at radius 3 is 2.33 bits per heavy atom. The summed E-state index contributed by atoms with van der Waals surface area (Å²) in [5.41, 5.74) is 6.90. The number of hydrogen-bond donors (Lipinski definition) is 5. The van der Waals surface area contributed by atoms with Gasteiger partial charge in [-0.25, -0.2) is 10.2 Å². The number of carbonyl (C=O) groups excluding carboxylic acids is 3. The molecule has 3 amide bonds. The average molecular weight is 659 g/mol. The Morgan fingerprint density at radius 2 is 1.57 bits per heavy atom. The van der Waals surface area contributed by atoms with Crippen LogP contribution in [0.15, 0.2) is 114 Å². The predicted molar refractivity (Wildman–Crippen MR) is 182 cm³/mol. The van der Waals surface area contributed by atoms with E-state index in [1.165, 1.54) is 18.3 Å². The molecular weight excluding hydrogens is 624 g/mol. The summed E-state index contributed by atoms with van der Waals surface area (Å²) in [5.74, 6) is -1.44. The van der Waals surface area contributed by atoms with E-state index in [1.807, 2.05) is 59.3 Å². The van der Waals surface area contributed by atoms with Crippen LogP contribution in [0.5, 0.6) is 5.75 Å². The Morgan fingerprint density at radius 1 is 0.857 bits per heavy atom. The number of carbonyl (C=O) groups is 3. The molecule has 0 radical (unpaired) electrons. The van der Waals surface area contributed by atoms with Crippen molar-refractivity contribution in [3.05, 3.63) is 137 Å². The van der Waals surface area contributed by atoms with Crippen molar-refractivity contribution >= 4 is 35.0 Å². The van der Waals surface area contributed by atoms with Crippen LogP contribution in [-0.2, 0) is 33.9 Å². The standard InChI is InChI=1S/C37H34N6O6/c38-19-27-10-4-5-11-28(27)21-43-22-29(31-12-6-7-13-34(31)43)20-39-42-36(47)32(18-25-14-16-30(45)17-15-25)40-35(46)33(23-44)41-37(48)49-24-26-8-2-1-3-9-26/h1-17,20,22,32-33,44-45H,18,21,23-24H2,(H,40,46)(H,41,48)(H,42,47)/b39-20-/t32-,33-/m0/s1. The van der Waals surface area contributed by atoms with Crippen molar-refractivity contribution < 1.29 is 29.3 Å². The number of amides is 3. The maximum absolute atomic E-state index is 13.4. The Balaban J connectivity index is 1.29. The zero-order chi connectivity index (χ0) is 34.6. The third-order valence-electron chi connectivity index (χ3n) is 7.69. The minimum absolute atomic E-state index is 0.0155. The van der Waals surface area contributed by atoms with Gasteiger partial charge in [-0.3, -0.25) is 9.59 Å². The summed E-state index contributed by atoms with van der Waals surface area (Å²) >= 11 is 0. The third-order valence-corrected chi connectivity index (χ3v) is 7.69. The highest BCUT2D eigenvalue weighted by Gasteiger charge is 2.27. The van der Waals surface area contributed by atoms with Crippen LogP contribution in [-0.4, -0.2) is 57.6 Å². The van der Waals surface area contributed by atoms with E-state index in [1.54, 1.807) is 42.5 Å². The highest BCUT2D eigenvalue weighted by Crippen LogP contribution is 2.22. The zero-order valence-corrected chi connectivity index (χ0v) is 26.3. The molecule has 0 saturated heterocycles. The maximum Gasteiger partial charge on any atom is 0.408 e. The molecule has 2 atom stereocenters. The number of hydrazone groups is 1. The van der Waals surface area contributed by atoms with E-state index in [0.717, 1.165) is 22.0 Å². The molecule has 49 heavy (non-hydrogen) atoms. The van der Waals surface area contributed by atoms with E-state index >= 15 is 0 Å². The van der Waals surface area contributed by atoms with Crippen LogP contribution < -0.4 is 16.1 Å². The first-order valence-corrected chi connectivity index (χ1v) is 15.4. The van der Waals surface area contributed by atoms with E-state index in [-0.39, 0.29) is 18.8 Å². The first-order valence-electron chi connectivity index (χ1n) is 15.4. The summed E-state index contributed by atoms with van der Waals surface area (Å²) in [6, 6.07) is 29.7. The number of aromatic hydroxyl groups is 1. The van der Waals surface area contributed by atoms with E-state index in [9.17, 15) is 29.9 Å². The normalized spacial score (nSPS) is 12.2. The van der Waals surface area contributed by atoms with Gasteiger partial charge in [0.2, 0.25) is 5.91 Å². The number of rotatable bonds is 13. The molecule has 0 aliphatic heterocycles. The van der Waals surface area contributed by atoms with Crippen LogP contribution >= 0.6 is 0 Å². The molecule has 0 aliphatic carbocycles. The molecule has 0 saturated carbocycles. The minimum atomic E-state index is -1.40. The summed E-state index contributed by atoms with van der Waals surface area (Å²) in [4.78, 5) is 39.0. The van der Waals surface area contributed by atoms with Crippen molar-refractivity contribution in [2.45, 2.75) is 31.7 Å². The fourth-order valence-electron chi connectivity index (χ4n) is 5.15. The van der Waals surface area contributed by atoms with Gasteiger partial charge in [0.15, 0.2) is 0 Å². The van der Waals surface area contributed by atoms with Gasteiger partial charge in [0.1, 0.15) is 24.4 Å². The van der Waals surface area contributed by atoms with Crippen LogP contribution in [0.3, 0.4) is 0 Å². The number of alkyl carbamates (subject to hydrolysis) is 1. The molecule has 0 spiro atoms. The molecule has 1 heterocycles. The number of phenolic OH excluding ortho intramolecular Hbond substituents is 1. The first-order chi connectivity index (χ1) is 23.8. The number of para-hydroxylation sites is 1. The lowest BCUT2D eigenvalue weighted by molar-refractivity contribution is -0.130. The summed E-state index contributed by atoms with van der Waals surface area (Å²) in [6.45, 7) is -0.339. The summed E-state index contributed by atoms with van der Waals surface area (Å²) < 4.78 is 7.16. The highest BCUT2D eigenvalue weighted by molar-refractivity contribution is 6.00. The maximum atomic E-state index is 13.4. The molecule has 0 bridgehead atoms. The monoisotopic (exact) mass is 658 g/mol. The summed E-state index contributed by atoms with van der Waals surface area (Å²) in [5, 5.41) is 39.1. The van der Waals surface area contributed by atoms with Crippen molar-refractivity contribution in [1.29, 1.82) is 5.26 Å². The molecule has 0 fully saturated rings. The van der Waals surface area contributed by atoms with Gasteiger partial charge < -0.3 is 30.2 Å². The van der Waals surface area contributed by atoms with Gasteiger partial charge >= 0.3 is 6.09 Å². The fourth-order valence-corrected chi connectivity index (χ4v) is 5.15. The number of nitrogens with zero attached hydrogens (tertiary/aromatic N) is 3. The lowest BCUT2D eigenvalue weighted by Gasteiger charge is -2.21. The van der Waals surface area contributed by atoms with Crippen molar-refractivity contribution in [2.75, 3.05) is 6.61 Å². The fraction of sp³-hybridized carbons (Fsp3) is 0.162. The van der Waals surface area contributed by atoms with E-state index < -0.39 is 36.6 Å². The first kappa shape index (κ1) is 33.9. The van der Waals surface area contributed by atoms with Crippen LogP contribution in [0.4, 0.5) is 4.79 Å². The highest BCUT2D eigenvalue weighted by atomic mass is 16.5. The van der Waals surface area contributed by atoms with Gasteiger partial charge in [-0.2, -0.15) is 10.4 Å². The Hall–Kier alpha value is -6.45. The van der Waals surface area contributed by atoms with Gasteiger partial charge in [-0.1, -0.05) is 78.9 Å². The van der Waals surface area contributed by atoms with E-state index in [2.05, 4.69) is 27.2 Å². The van der Waals surface area contributed by atoms with Crippen molar-refractivity contribution in [2.24, 2.45) is 5.10 Å². The minimum Gasteiger partial charge on any atom is -0.508 e. The topological polar surface area (TPSA) is 178 Å². The molecule has 0 aliphatic rings. The van der Waals surface area contributed by atoms with Gasteiger partial charge in [0, 0.05) is 35.6 Å². The second-order valence-electron chi connectivity index (χ2n) is 11.1. The third kappa shape index (κ3) is 9.09. The van der Waals surface area contributed by atoms with E-state index in [0.29, 0.717) is 23.2 Å². The lowest BCUT2D eigenvalue weighted by atomic mass is 10.0. The molecule has 0 unspecified atom stereocenters. The van der Waals surface area contributed by atoms with Crippen LogP contribution in [0.2, 0.25) is 0 Å². The van der Waals surface area contributed by atoms with Crippen LogP contribution in [0.25, 0.3) is 10.9 Å². The molecule has 12 nitrogen and oxygen atoms in total. The number of hydrogen-bond acceptors (Lipinski definition) is 8. The molecule has 4 aromatic carbocycles. The molecule has 5 N–H and O–H groups in total. The number of phenols is 1. The largest absolute Gasteiger partial charge is 0.508 e. The predicted octanol–water partition coefficient (Wildman–Crippen LogP) is 3.73. The zero-order valence-electron chi connectivity index (χ0n) is 26.3. The molecule has 248 valence electrons. The van der Waals surface area contributed by atoms with Crippen LogP contribution in [0.1, 0.15) is 27.8 Å². The number of aliphatic hydroxyl groups excluding tert-OH is 1. The van der Waals surface area contributed by atoms with Gasteiger partial charge in [-0.15, -0.1) is 0 Å². The number of nitrogens with one attached hydrogen (secondary N) is 3. The number of benzene rings is 4. The number of fused-ring (bicyclic) bond motifs is 1. The lowest BCUT2D eigenvalue weighted by Crippen LogP contribution is -2.55. The average Bonchev–Trinajstić information content (AvgIpc) is 3.47. The van der Waals surface area contributed by atoms with Crippen molar-refractivity contribution in [3.8, 4) is 11.8 Å².